The van der Waals surface area contributed by atoms with Crippen LogP contribution in [-0.2, 0) is 11.2 Å². The van der Waals surface area contributed by atoms with Gasteiger partial charge in [-0.15, -0.1) is 0 Å². The van der Waals surface area contributed by atoms with Crippen molar-refractivity contribution < 1.29 is 4.79 Å². The molecule has 1 aromatic carbocycles. The van der Waals surface area contributed by atoms with Crippen LogP contribution in [-0.4, -0.2) is 6.29 Å². The van der Waals surface area contributed by atoms with E-state index in [-0.39, 0.29) is 5.92 Å². The van der Waals surface area contributed by atoms with E-state index in [2.05, 4.69) is 0 Å². The zero-order chi connectivity index (χ0) is 9.68. The Bertz CT molecular complexity index is 266. The topological polar surface area (TPSA) is 17.1 Å². The molecule has 0 spiro atoms. The summed E-state index contributed by atoms with van der Waals surface area (Å²) in [5.41, 5.74) is 1.21. The number of hydrogen-bond donors (Lipinski definition) is 0. The zero-order valence-corrected chi connectivity index (χ0v) is 8.34. The lowest BCUT2D eigenvalue weighted by atomic mass is 10.0. The van der Waals surface area contributed by atoms with E-state index in [1.807, 2.05) is 37.5 Å². The van der Waals surface area contributed by atoms with Crippen molar-refractivity contribution in [2.45, 2.75) is 19.8 Å². The molecule has 1 aromatic rings. The Kier molecular flexibility index (Phi) is 3.97. The molecule has 69 valence electrons. The Balaban J connectivity index is 2.45. The van der Waals surface area contributed by atoms with Gasteiger partial charge in [0.2, 0.25) is 6.29 Å². The quantitative estimate of drug-likeness (QED) is 0.722. The molecule has 0 N–H and O–H groups in total. The molecule has 0 fully saturated rings. The van der Waals surface area contributed by atoms with Crippen molar-refractivity contribution in [2.24, 2.45) is 5.92 Å². The highest BCUT2D eigenvalue weighted by molar-refractivity contribution is 6.30. The third-order valence-corrected chi connectivity index (χ3v) is 2.23. The molecule has 0 aliphatic carbocycles. The summed E-state index contributed by atoms with van der Waals surface area (Å²) in [5.74, 6) is 0.0238. The third kappa shape index (κ3) is 3.60. The Morgan fingerprint density at radius 2 is 2.00 bits per heavy atom. The lowest BCUT2D eigenvalue weighted by molar-refractivity contribution is 0.519. The number of hydrogen-bond acceptors (Lipinski definition) is 1. The van der Waals surface area contributed by atoms with Gasteiger partial charge in [-0.1, -0.05) is 30.7 Å². The standard InChI is InChI=1S/C11H12ClO/c1-9(8-13)2-3-10-4-6-11(12)7-5-10/h4-7,9H,2-3H2,1H3. The largest absolute Gasteiger partial charge is 0.291 e. The van der Waals surface area contributed by atoms with E-state index >= 15 is 0 Å². The second-order valence-electron chi connectivity index (χ2n) is 3.18. The van der Waals surface area contributed by atoms with Gasteiger partial charge in [0.15, 0.2) is 0 Å². The highest BCUT2D eigenvalue weighted by Gasteiger charge is 2.01. The first-order valence-corrected chi connectivity index (χ1v) is 4.72. The number of halogens is 1. The molecule has 1 atom stereocenters. The lowest BCUT2D eigenvalue weighted by Gasteiger charge is -2.02. The maximum Gasteiger partial charge on any atom is 0.201 e. The highest BCUT2D eigenvalue weighted by atomic mass is 35.5. The van der Waals surface area contributed by atoms with Crippen LogP contribution in [0, 0.1) is 5.92 Å². The first-order chi connectivity index (χ1) is 6.22. The van der Waals surface area contributed by atoms with E-state index in [9.17, 15) is 4.79 Å². The van der Waals surface area contributed by atoms with Crippen molar-refractivity contribution in [1.82, 2.24) is 0 Å². The molecule has 0 saturated heterocycles. The molecule has 1 radical (unpaired) electrons. The van der Waals surface area contributed by atoms with Crippen molar-refractivity contribution in [3.05, 3.63) is 34.9 Å². The molecule has 0 amide bonds. The van der Waals surface area contributed by atoms with Gasteiger partial charge in [0.25, 0.3) is 0 Å². The molecule has 0 aromatic heterocycles. The van der Waals surface area contributed by atoms with Crippen LogP contribution in [0.25, 0.3) is 0 Å². The van der Waals surface area contributed by atoms with Crippen molar-refractivity contribution in [3.63, 3.8) is 0 Å². The van der Waals surface area contributed by atoms with Gasteiger partial charge in [-0.25, -0.2) is 0 Å². The van der Waals surface area contributed by atoms with Crippen molar-refractivity contribution in [1.29, 1.82) is 0 Å². The fourth-order valence-corrected chi connectivity index (χ4v) is 1.22. The minimum Gasteiger partial charge on any atom is -0.291 e. The molecule has 2 heteroatoms. The monoisotopic (exact) mass is 195 g/mol. The average Bonchev–Trinajstić information content (AvgIpc) is 2.16. The Morgan fingerprint density at radius 3 is 2.54 bits per heavy atom. The number of rotatable bonds is 4. The smallest absolute Gasteiger partial charge is 0.201 e. The molecular weight excluding hydrogens is 184 g/mol. The van der Waals surface area contributed by atoms with E-state index in [4.69, 9.17) is 11.6 Å². The number of aryl methyl sites for hydroxylation is 1. The molecule has 0 bridgehead atoms. The summed E-state index contributed by atoms with van der Waals surface area (Å²) in [7, 11) is 0. The first-order valence-electron chi connectivity index (χ1n) is 4.34. The van der Waals surface area contributed by atoms with Crippen molar-refractivity contribution >= 4 is 17.9 Å². The van der Waals surface area contributed by atoms with E-state index in [0.29, 0.717) is 0 Å². The normalized spacial score (nSPS) is 12.5. The Hall–Kier alpha value is -0.820. The van der Waals surface area contributed by atoms with Crippen LogP contribution in [0.2, 0.25) is 5.02 Å². The molecule has 1 nitrogen and oxygen atoms in total. The highest BCUT2D eigenvalue weighted by Crippen LogP contribution is 2.12. The van der Waals surface area contributed by atoms with Crippen LogP contribution in [0.5, 0.6) is 0 Å². The summed E-state index contributed by atoms with van der Waals surface area (Å²) in [5, 5.41) is 0.749. The van der Waals surface area contributed by atoms with Crippen molar-refractivity contribution in [3.8, 4) is 0 Å². The predicted octanol–water partition coefficient (Wildman–Crippen LogP) is 3.02. The van der Waals surface area contributed by atoms with Crippen LogP contribution in [0.1, 0.15) is 18.9 Å². The average molecular weight is 196 g/mol. The number of carbonyl (C=O) groups excluding carboxylic acids is 1. The first kappa shape index (κ1) is 10.3. The molecule has 13 heavy (non-hydrogen) atoms. The van der Waals surface area contributed by atoms with Gasteiger partial charge in [0.1, 0.15) is 0 Å². The molecule has 0 heterocycles. The van der Waals surface area contributed by atoms with Crippen LogP contribution in [0.15, 0.2) is 24.3 Å². The molecule has 0 aliphatic heterocycles. The van der Waals surface area contributed by atoms with Gasteiger partial charge in [-0.3, -0.25) is 4.79 Å². The van der Waals surface area contributed by atoms with E-state index in [1.165, 1.54) is 5.56 Å². The van der Waals surface area contributed by atoms with Crippen LogP contribution in [0.3, 0.4) is 0 Å². The fourth-order valence-electron chi connectivity index (χ4n) is 1.09. The molecule has 1 rings (SSSR count). The molecule has 0 aliphatic rings. The SMILES string of the molecule is CC([C]=O)CCc1ccc(Cl)cc1. The minimum absolute atomic E-state index is 0.0238. The molecular formula is C11H12ClO. The van der Waals surface area contributed by atoms with Gasteiger partial charge in [0.05, 0.1) is 0 Å². The van der Waals surface area contributed by atoms with Gasteiger partial charge in [-0.2, -0.15) is 0 Å². The molecule has 0 saturated carbocycles. The van der Waals surface area contributed by atoms with Gasteiger partial charge in [-0.05, 0) is 30.5 Å². The summed E-state index contributed by atoms with van der Waals surface area (Å²) < 4.78 is 0. The summed E-state index contributed by atoms with van der Waals surface area (Å²) in [6.07, 6.45) is 3.73. The van der Waals surface area contributed by atoms with E-state index < -0.39 is 0 Å². The Morgan fingerprint density at radius 1 is 1.38 bits per heavy atom. The Labute approximate surface area is 83.7 Å². The minimum atomic E-state index is 0.0238. The van der Waals surface area contributed by atoms with E-state index in [0.717, 1.165) is 17.9 Å². The fraction of sp³-hybridized carbons (Fsp3) is 0.364. The summed E-state index contributed by atoms with van der Waals surface area (Å²) in [4.78, 5) is 10.2. The molecule has 1 unspecified atom stereocenters. The summed E-state index contributed by atoms with van der Waals surface area (Å²) in [6, 6.07) is 7.71. The van der Waals surface area contributed by atoms with Crippen LogP contribution in [0.4, 0.5) is 0 Å². The van der Waals surface area contributed by atoms with Gasteiger partial charge >= 0.3 is 0 Å². The lowest BCUT2D eigenvalue weighted by Crippen LogP contribution is -1.97. The summed E-state index contributed by atoms with van der Waals surface area (Å²) in [6.45, 7) is 1.88. The van der Waals surface area contributed by atoms with Crippen molar-refractivity contribution in [2.75, 3.05) is 0 Å². The maximum absolute atomic E-state index is 10.2. The summed E-state index contributed by atoms with van der Waals surface area (Å²) >= 11 is 5.74. The second-order valence-corrected chi connectivity index (χ2v) is 3.62. The predicted molar refractivity (Wildman–Crippen MR) is 54.6 cm³/mol. The zero-order valence-electron chi connectivity index (χ0n) is 7.59. The van der Waals surface area contributed by atoms with Gasteiger partial charge in [0, 0.05) is 10.9 Å². The maximum atomic E-state index is 10.2. The second kappa shape index (κ2) is 5.03. The number of benzene rings is 1. The third-order valence-electron chi connectivity index (χ3n) is 1.98. The van der Waals surface area contributed by atoms with Crippen LogP contribution < -0.4 is 0 Å². The van der Waals surface area contributed by atoms with E-state index in [1.54, 1.807) is 0 Å². The van der Waals surface area contributed by atoms with Crippen LogP contribution >= 0.6 is 11.6 Å². The van der Waals surface area contributed by atoms with Gasteiger partial charge < -0.3 is 0 Å².